The van der Waals surface area contributed by atoms with Gasteiger partial charge in [-0.15, -0.1) is 5.10 Å². The minimum absolute atomic E-state index is 0.641. The first kappa shape index (κ1) is 15.7. The first-order chi connectivity index (χ1) is 13.4. The van der Waals surface area contributed by atoms with Gasteiger partial charge in [0, 0.05) is 24.7 Å². The second-order valence-corrected chi connectivity index (χ2v) is 6.59. The number of benzene rings is 2. The highest BCUT2D eigenvalue weighted by Crippen LogP contribution is 2.25. The molecule has 5 rings (SSSR count). The highest BCUT2D eigenvalue weighted by molar-refractivity contribution is 5.91. The van der Waals surface area contributed by atoms with Crippen LogP contribution in [0.25, 0.3) is 10.9 Å². The van der Waals surface area contributed by atoms with Gasteiger partial charge < -0.3 is 10.2 Å². The molecule has 0 radical (unpaired) electrons. The van der Waals surface area contributed by atoms with E-state index in [9.17, 15) is 0 Å². The Hall–Kier alpha value is -3.54. The lowest BCUT2D eigenvalue weighted by Gasteiger charge is -2.28. The molecule has 4 aromatic rings. The molecule has 0 bridgehead atoms. The molecule has 0 atom stereocenters. The van der Waals surface area contributed by atoms with Gasteiger partial charge in [-0.25, -0.2) is 0 Å². The summed E-state index contributed by atoms with van der Waals surface area (Å²) < 4.78 is 0. The molecule has 0 spiro atoms. The molecule has 1 aliphatic rings. The number of fused-ring (bicyclic) bond motifs is 2. The zero-order chi connectivity index (χ0) is 18.1. The molecule has 1 N–H and O–H groups in total. The third kappa shape index (κ3) is 3.06. The molecule has 132 valence electrons. The van der Waals surface area contributed by atoms with Gasteiger partial charge in [0.05, 0.1) is 17.4 Å². The van der Waals surface area contributed by atoms with Crippen molar-refractivity contribution in [1.82, 2.24) is 20.2 Å². The molecule has 0 amide bonds. The highest BCUT2D eigenvalue weighted by atomic mass is 15.3. The van der Waals surface area contributed by atoms with Crippen molar-refractivity contribution in [2.45, 2.75) is 13.0 Å². The highest BCUT2D eigenvalue weighted by Gasteiger charge is 2.18. The molecule has 0 aliphatic carbocycles. The van der Waals surface area contributed by atoms with Crippen molar-refractivity contribution in [3.05, 3.63) is 78.1 Å². The normalized spacial score (nSPS) is 13.4. The minimum Gasteiger partial charge on any atom is -0.337 e. The second kappa shape index (κ2) is 6.64. The number of pyridine rings is 1. The summed E-state index contributed by atoms with van der Waals surface area (Å²) in [6, 6.07) is 18.5. The Labute approximate surface area is 156 Å². The summed E-state index contributed by atoms with van der Waals surface area (Å²) in [7, 11) is 0. The number of hydrogen-bond acceptors (Lipinski definition) is 6. The van der Waals surface area contributed by atoms with Crippen LogP contribution < -0.4 is 10.2 Å². The maximum Gasteiger partial charge on any atom is 0.247 e. The van der Waals surface area contributed by atoms with Gasteiger partial charge in [0.1, 0.15) is 0 Å². The molecule has 2 aromatic carbocycles. The Bertz CT molecular complexity index is 1110. The largest absolute Gasteiger partial charge is 0.337 e. The van der Waals surface area contributed by atoms with E-state index < -0.39 is 0 Å². The number of anilines is 3. The van der Waals surface area contributed by atoms with E-state index in [2.05, 4.69) is 54.6 Å². The monoisotopic (exact) mass is 354 g/mol. The first-order valence-corrected chi connectivity index (χ1v) is 8.99. The van der Waals surface area contributed by atoms with Crippen molar-refractivity contribution >= 4 is 28.4 Å². The third-order valence-electron chi connectivity index (χ3n) is 4.86. The van der Waals surface area contributed by atoms with Crippen LogP contribution in [0.4, 0.5) is 17.5 Å². The van der Waals surface area contributed by atoms with E-state index in [0.717, 1.165) is 36.1 Å². The van der Waals surface area contributed by atoms with Gasteiger partial charge in [0.25, 0.3) is 0 Å². The van der Waals surface area contributed by atoms with Gasteiger partial charge in [-0.3, -0.25) is 4.98 Å². The summed E-state index contributed by atoms with van der Waals surface area (Å²) in [6.07, 6.45) is 4.43. The predicted octanol–water partition coefficient (Wildman–Crippen LogP) is 3.73. The molecule has 0 fully saturated rings. The van der Waals surface area contributed by atoms with Gasteiger partial charge in [-0.1, -0.05) is 42.5 Å². The first-order valence-electron chi connectivity index (χ1n) is 8.99. The van der Waals surface area contributed by atoms with Crippen molar-refractivity contribution in [3.63, 3.8) is 0 Å². The van der Waals surface area contributed by atoms with Gasteiger partial charge >= 0.3 is 0 Å². The average Bonchev–Trinajstić information content (AvgIpc) is 2.74. The SMILES string of the molecule is c1ccc2c(c1)CCN(c1nncc(Nc3cccc4cccnc34)n1)C2. The summed E-state index contributed by atoms with van der Waals surface area (Å²) >= 11 is 0. The molecule has 1 aliphatic heterocycles. The number of para-hydroxylation sites is 1. The van der Waals surface area contributed by atoms with Crippen LogP contribution in [-0.4, -0.2) is 26.7 Å². The molecule has 27 heavy (non-hydrogen) atoms. The van der Waals surface area contributed by atoms with Crippen molar-refractivity contribution in [2.75, 3.05) is 16.8 Å². The van der Waals surface area contributed by atoms with Crippen molar-refractivity contribution in [1.29, 1.82) is 0 Å². The quantitative estimate of drug-likeness (QED) is 0.605. The summed E-state index contributed by atoms with van der Waals surface area (Å²) in [5.74, 6) is 1.31. The van der Waals surface area contributed by atoms with E-state index in [1.807, 2.05) is 30.3 Å². The zero-order valence-electron chi connectivity index (χ0n) is 14.7. The number of nitrogens with one attached hydrogen (secondary N) is 1. The van der Waals surface area contributed by atoms with Crippen LogP contribution in [0.5, 0.6) is 0 Å². The zero-order valence-corrected chi connectivity index (χ0v) is 14.7. The summed E-state index contributed by atoms with van der Waals surface area (Å²) in [5.41, 5.74) is 4.54. The maximum atomic E-state index is 4.68. The summed E-state index contributed by atoms with van der Waals surface area (Å²) in [4.78, 5) is 11.3. The van der Waals surface area contributed by atoms with Gasteiger partial charge in [-0.05, 0) is 29.7 Å². The van der Waals surface area contributed by atoms with E-state index in [1.54, 1.807) is 12.4 Å². The molecule has 6 heteroatoms. The van der Waals surface area contributed by atoms with Crippen LogP contribution in [0.15, 0.2) is 67.0 Å². The van der Waals surface area contributed by atoms with Crippen LogP contribution in [0.3, 0.4) is 0 Å². The van der Waals surface area contributed by atoms with Crippen LogP contribution in [-0.2, 0) is 13.0 Å². The Kier molecular flexibility index (Phi) is 3.86. The Morgan fingerprint density at radius 1 is 0.926 bits per heavy atom. The fraction of sp³-hybridized carbons (Fsp3) is 0.143. The van der Waals surface area contributed by atoms with Crippen LogP contribution in [0.2, 0.25) is 0 Å². The molecule has 6 nitrogen and oxygen atoms in total. The molecule has 0 saturated heterocycles. The van der Waals surface area contributed by atoms with Crippen molar-refractivity contribution in [2.24, 2.45) is 0 Å². The molecule has 3 heterocycles. The van der Waals surface area contributed by atoms with E-state index in [-0.39, 0.29) is 0 Å². The molecule has 2 aromatic heterocycles. The molecular formula is C21H18N6. The van der Waals surface area contributed by atoms with Crippen LogP contribution in [0.1, 0.15) is 11.1 Å². The average molecular weight is 354 g/mol. The lowest BCUT2D eigenvalue weighted by molar-refractivity contribution is 0.698. The van der Waals surface area contributed by atoms with E-state index in [0.29, 0.717) is 11.8 Å². The third-order valence-corrected chi connectivity index (χ3v) is 4.86. The fourth-order valence-corrected chi connectivity index (χ4v) is 3.50. The number of hydrogen-bond donors (Lipinski definition) is 1. The fourth-order valence-electron chi connectivity index (χ4n) is 3.50. The predicted molar refractivity (Wildman–Crippen MR) is 106 cm³/mol. The van der Waals surface area contributed by atoms with Gasteiger partial charge in [0.2, 0.25) is 5.95 Å². The number of rotatable bonds is 3. The maximum absolute atomic E-state index is 4.68. The second-order valence-electron chi connectivity index (χ2n) is 6.59. The standard InChI is InChI=1S/C21H18N6/c1-2-6-17-14-27(12-10-15(17)5-1)21-25-19(13-23-26-21)24-18-9-3-7-16-8-4-11-22-20(16)18/h1-9,11,13H,10,12,14H2,(H,24,25,26). The smallest absolute Gasteiger partial charge is 0.247 e. The number of nitrogens with zero attached hydrogens (tertiary/aromatic N) is 5. The van der Waals surface area contributed by atoms with E-state index in [4.69, 9.17) is 0 Å². The summed E-state index contributed by atoms with van der Waals surface area (Å²) in [5, 5.41) is 12.8. The molecular weight excluding hydrogens is 336 g/mol. The number of aromatic nitrogens is 4. The lowest BCUT2D eigenvalue weighted by Crippen LogP contribution is -2.32. The van der Waals surface area contributed by atoms with Crippen LogP contribution in [0, 0.1) is 0 Å². The Morgan fingerprint density at radius 2 is 1.81 bits per heavy atom. The Balaban J connectivity index is 1.43. The van der Waals surface area contributed by atoms with Crippen molar-refractivity contribution in [3.8, 4) is 0 Å². The van der Waals surface area contributed by atoms with E-state index in [1.165, 1.54) is 11.1 Å². The minimum atomic E-state index is 0.641. The molecule has 0 unspecified atom stereocenters. The summed E-state index contributed by atoms with van der Waals surface area (Å²) in [6.45, 7) is 1.69. The van der Waals surface area contributed by atoms with Gasteiger partial charge in [0.15, 0.2) is 5.82 Å². The van der Waals surface area contributed by atoms with E-state index >= 15 is 0 Å². The Morgan fingerprint density at radius 3 is 2.78 bits per heavy atom. The molecule has 0 saturated carbocycles. The van der Waals surface area contributed by atoms with Crippen LogP contribution >= 0.6 is 0 Å². The lowest BCUT2D eigenvalue weighted by atomic mass is 10.0. The topological polar surface area (TPSA) is 66.8 Å². The van der Waals surface area contributed by atoms with Crippen molar-refractivity contribution < 1.29 is 0 Å². The van der Waals surface area contributed by atoms with Gasteiger partial charge in [-0.2, -0.15) is 10.1 Å².